The van der Waals surface area contributed by atoms with Gasteiger partial charge in [0.25, 0.3) is 5.91 Å². The molecule has 0 aliphatic carbocycles. The SMILES string of the molecule is CCOc1cc2nc(C)cn2cc1C(=O)Nc1ccc(N)nn1. The number of carbonyl (C=O) groups is 1. The summed E-state index contributed by atoms with van der Waals surface area (Å²) in [4.78, 5) is 16.9. The molecule has 118 valence electrons. The quantitative estimate of drug-likeness (QED) is 0.758. The van der Waals surface area contributed by atoms with Gasteiger partial charge in [0.05, 0.1) is 17.9 Å². The number of aryl methyl sites for hydroxylation is 1. The smallest absolute Gasteiger partial charge is 0.262 e. The van der Waals surface area contributed by atoms with Gasteiger partial charge in [-0.3, -0.25) is 4.79 Å². The third-order valence-corrected chi connectivity index (χ3v) is 3.15. The number of nitrogens with two attached hydrogens (primary N) is 1. The molecule has 3 aromatic heterocycles. The second kappa shape index (κ2) is 5.91. The van der Waals surface area contributed by atoms with Gasteiger partial charge in [0, 0.05) is 18.5 Å². The van der Waals surface area contributed by atoms with Gasteiger partial charge < -0.3 is 20.2 Å². The Morgan fingerprint density at radius 1 is 1.35 bits per heavy atom. The number of aromatic nitrogens is 4. The molecule has 3 rings (SSSR count). The Kier molecular flexibility index (Phi) is 3.80. The number of fused-ring (bicyclic) bond motifs is 1. The molecular formula is C15H16N6O2. The lowest BCUT2D eigenvalue weighted by molar-refractivity contribution is 0.102. The molecule has 0 bridgehead atoms. The summed E-state index contributed by atoms with van der Waals surface area (Å²) in [5.41, 5.74) is 7.44. The zero-order valence-corrected chi connectivity index (χ0v) is 12.8. The van der Waals surface area contributed by atoms with Gasteiger partial charge in [0.15, 0.2) is 5.82 Å². The van der Waals surface area contributed by atoms with Gasteiger partial charge >= 0.3 is 0 Å². The normalized spacial score (nSPS) is 10.7. The number of hydrogen-bond donors (Lipinski definition) is 2. The summed E-state index contributed by atoms with van der Waals surface area (Å²) >= 11 is 0. The largest absolute Gasteiger partial charge is 0.493 e. The molecule has 0 aliphatic heterocycles. The predicted molar refractivity (Wildman–Crippen MR) is 85.5 cm³/mol. The molecule has 0 saturated carbocycles. The highest BCUT2D eigenvalue weighted by atomic mass is 16.5. The molecule has 3 N–H and O–H groups in total. The second-order valence-corrected chi connectivity index (χ2v) is 4.93. The van der Waals surface area contributed by atoms with Gasteiger partial charge in [-0.25, -0.2) is 4.98 Å². The molecule has 0 unspecified atom stereocenters. The van der Waals surface area contributed by atoms with Gasteiger partial charge in [0.2, 0.25) is 0 Å². The van der Waals surface area contributed by atoms with Crippen LogP contribution in [0.4, 0.5) is 11.6 Å². The fourth-order valence-corrected chi connectivity index (χ4v) is 2.18. The van der Waals surface area contributed by atoms with Crippen molar-refractivity contribution < 1.29 is 9.53 Å². The summed E-state index contributed by atoms with van der Waals surface area (Å²) in [6, 6.07) is 4.88. The molecule has 0 spiro atoms. The van der Waals surface area contributed by atoms with E-state index in [4.69, 9.17) is 10.5 Å². The zero-order valence-electron chi connectivity index (χ0n) is 12.8. The number of rotatable bonds is 4. The highest BCUT2D eigenvalue weighted by molar-refractivity contribution is 6.05. The molecule has 0 aliphatic rings. The Morgan fingerprint density at radius 2 is 2.17 bits per heavy atom. The fourth-order valence-electron chi connectivity index (χ4n) is 2.18. The minimum absolute atomic E-state index is 0.285. The van der Waals surface area contributed by atoms with Crippen molar-refractivity contribution >= 4 is 23.2 Å². The van der Waals surface area contributed by atoms with Crippen LogP contribution in [0, 0.1) is 6.92 Å². The van der Waals surface area contributed by atoms with E-state index in [1.165, 1.54) is 0 Å². The Bertz CT molecular complexity index is 856. The van der Waals surface area contributed by atoms with E-state index in [1.807, 2.05) is 20.0 Å². The monoisotopic (exact) mass is 312 g/mol. The first kappa shape index (κ1) is 14.8. The van der Waals surface area contributed by atoms with Crippen LogP contribution < -0.4 is 15.8 Å². The highest BCUT2D eigenvalue weighted by Crippen LogP contribution is 2.22. The van der Waals surface area contributed by atoms with Gasteiger partial charge in [0.1, 0.15) is 17.2 Å². The van der Waals surface area contributed by atoms with Crippen LogP contribution in [0.25, 0.3) is 5.65 Å². The molecule has 0 fully saturated rings. The van der Waals surface area contributed by atoms with Crippen LogP contribution >= 0.6 is 0 Å². The van der Waals surface area contributed by atoms with Crippen LogP contribution in [-0.4, -0.2) is 32.1 Å². The van der Waals surface area contributed by atoms with E-state index in [9.17, 15) is 4.79 Å². The lowest BCUT2D eigenvalue weighted by Crippen LogP contribution is -2.16. The number of imidazole rings is 1. The van der Waals surface area contributed by atoms with Crippen LogP contribution in [-0.2, 0) is 0 Å². The van der Waals surface area contributed by atoms with E-state index in [0.717, 1.165) is 11.3 Å². The molecule has 0 aromatic carbocycles. The van der Waals surface area contributed by atoms with Crippen LogP contribution in [0.15, 0.2) is 30.6 Å². The van der Waals surface area contributed by atoms with Crippen molar-refractivity contribution in [1.82, 2.24) is 19.6 Å². The topological polar surface area (TPSA) is 107 Å². The minimum atomic E-state index is -0.347. The van der Waals surface area contributed by atoms with E-state index >= 15 is 0 Å². The molecule has 1 amide bonds. The highest BCUT2D eigenvalue weighted by Gasteiger charge is 2.16. The standard InChI is InChI=1S/C15H16N6O2/c1-3-23-11-6-14-17-9(2)7-21(14)8-10(11)15(22)18-13-5-4-12(16)19-20-13/h4-8H,3H2,1-2H3,(H2,16,19)(H,18,20,22). The summed E-state index contributed by atoms with van der Waals surface area (Å²) in [6.07, 6.45) is 3.52. The lowest BCUT2D eigenvalue weighted by Gasteiger charge is -2.11. The maximum Gasteiger partial charge on any atom is 0.262 e. The third kappa shape index (κ3) is 3.05. The number of nitrogen functional groups attached to an aromatic ring is 1. The van der Waals surface area contributed by atoms with Crippen LogP contribution in [0.5, 0.6) is 5.75 Å². The maximum atomic E-state index is 12.5. The molecule has 0 atom stereocenters. The van der Waals surface area contributed by atoms with Gasteiger partial charge in [-0.1, -0.05) is 0 Å². The average molecular weight is 312 g/mol. The Hall–Kier alpha value is -3.16. The average Bonchev–Trinajstić information content (AvgIpc) is 2.88. The first-order valence-electron chi connectivity index (χ1n) is 7.09. The van der Waals surface area contributed by atoms with E-state index in [-0.39, 0.29) is 11.7 Å². The summed E-state index contributed by atoms with van der Waals surface area (Å²) in [7, 11) is 0. The van der Waals surface area contributed by atoms with Crippen molar-refractivity contribution in [2.75, 3.05) is 17.7 Å². The first-order valence-corrected chi connectivity index (χ1v) is 7.09. The predicted octanol–water partition coefficient (Wildman–Crippen LogP) is 1.67. The van der Waals surface area contributed by atoms with Crippen LogP contribution in [0.1, 0.15) is 23.0 Å². The minimum Gasteiger partial charge on any atom is -0.493 e. The van der Waals surface area contributed by atoms with Gasteiger partial charge in [-0.15, -0.1) is 10.2 Å². The molecule has 0 radical (unpaired) electrons. The fraction of sp³-hybridized carbons (Fsp3) is 0.200. The Labute approximate surface area is 132 Å². The number of nitrogens with zero attached hydrogens (tertiary/aromatic N) is 4. The molecule has 8 nitrogen and oxygen atoms in total. The molecule has 0 saturated heterocycles. The van der Waals surface area contributed by atoms with E-state index in [0.29, 0.717) is 23.7 Å². The van der Waals surface area contributed by atoms with Gasteiger partial charge in [-0.05, 0) is 26.0 Å². The molecule has 23 heavy (non-hydrogen) atoms. The van der Waals surface area contributed by atoms with Crippen molar-refractivity contribution in [2.24, 2.45) is 0 Å². The van der Waals surface area contributed by atoms with Crippen molar-refractivity contribution in [3.63, 3.8) is 0 Å². The second-order valence-electron chi connectivity index (χ2n) is 4.93. The number of nitrogens with one attached hydrogen (secondary N) is 1. The molecule has 3 heterocycles. The van der Waals surface area contributed by atoms with Crippen molar-refractivity contribution in [3.8, 4) is 5.75 Å². The van der Waals surface area contributed by atoms with Gasteiger partial charge in [-0.2, -0.15) is 0 Å². The zero-order chi connectivity index (χ0) is 16.4. The summed E-state index contributed by atoms with van der Waals surface area (Å²) in [6.45, 7) is 4.18. The Balaban J connectivity index is 1.97. The Morgan fingerprint density at radius 3 is 2.87 bits per heavy atom. The van der Waals surface area contributed by atoms with E-state index in [1.54, 1.807) is 28.8 Å². The first-order chi connectivity index (χ1) is 11.1. The lowest BCUT2D eigenvalue weighted by atomic mass is 10.2. The van der Waals surface area contributed by atoms with E-state index in [2.05, 4.69) is 20.5 Å². The summed E-state index contributed by atoms with van der Waals surface area (Å²) < 4.78 is 7.34. The van der Waals surface area contributed by atoms with Crippen molar-refractivity contribution in [3.05, 3.63) is 41.9 Å². The molecule has 8 heteroatoms. The number of amides is 1. The number of carbonyl (C=O) groups excluding carboxylic acids is 1. The molecule has 3 aromatic rings. The summed E-state index contributed by atoms with van der Waals surface area (Å²) in [5.74, 6) is 0.717. The summed E-state index contributed by atoms with van der Waals surface area (Å²) in [5, 5.41) is 10.2. The van der Waals surface area contributed by atoms with Crippen molar-refractivity contribution in [2.45, 2.75) is 13.8 Å². The van der Waals surface area contributed by atoms with Crippen LogP contribution in [0.3, 0.4) is 0 Å². The van der Waals surface area contributed by atoms with Crippen LogP contribution in [0.2, 0.25) is 0 Å². The molecular weight excluding hydrogens is 296 g/mol. The van der Waals surface area contributed by atoms with Crippen molar-refractivity contribution in [1.29, 1.82) is 0 Å². The van der Waals surface area contributed by atoms with E-state index < -0.39 is 0 Å². The third-order valence-electron chi connectivity index (χ3n) is 3.15. The number of pyridine rings is 1. The number of hydrogen-bond acceptors (Lipinski definition) is 6. The number of ether oxygens (including phenoxy) is 1. The number of anilines is 2. The maximum absolute atomic E-state index is 12.5.